The van der Waals surface area contributed by atoms with Gasteiger partial charge in [0.1, 0.15) is 11.9 Å². The van der Waals surface area contributed by atoms with Gasteiger partial charge in [-0.2, -0.15) is 5.26 Å². The van der Waals surface area contributed by atoms with Gasteiger partial charge in [-0.25, -0.2) is 9.18 Å². The van der Waals surface area contributed by atoms with Crippen molar-refractivity contribution in [1.29, 1.82) is 5.26 Å². The van der Waals surface area contributed by atoms with Crippen molar-refractivity contribution in [2.24, 2.45) is 0 Å². The maximum Gasteiger partial charge on any atom is 0.319 e. The lowest BCUT2D eigenvalue weighted by Crippen LogP contribution is -2.38. The van der Waals surface area contributed by atoms with E-state index in [2.05, 4.69) is 10.6 Å². The number of benzene rings is 1. The van der Waals surface area contributed by atoms with Crippen molar-refractivity contribution < 1.29 is 13.9 Å². The van der Waals surface area contributed by atoms with E-state index in [0.717, 1.165) is 6.07 Å². The number of amides is 2. The molecule has 1 atom stereocenters. The van der Waals surface area contributed by atoms with E-state index in [1.54, 1.807) is 6.92 Å². The van der Waals surface area contributed by atoms with E-state index in [0.29, 0.717) is 6.61 Å². The first-order valence-corrected chi connectivity index (χ1v) is 5.33. The van der Waals surface area contributed by atoms with Crippen LogP contribution in [0.2, 0.25) is 0 Å². The van der Waals surface area contributed by atoms with E-state index in [-0.39, 0.29) is 17.3 Å². The van der Waals surface area contributed by atoms with Crippen LogP contribution in [0.4, 0.5) is 14.9 Å². The Kier molecular flexibility index (Phi) is 5.08. The summed E-state index contributed by atoms with van der Waals surface area (Å²) in [6.07, 6.45) is 0. The molecule has 1 aromatic carbocycles. The number of halogens is 1. The van der Waals surface area contributed by atoms with E-state index in [4.69, 9.17) is 10.00 Å². The molecule has 6 heteroatoms. The zero-order chi connectivity index (χ0) is 13.5. The monoisotopic (exact) mass is 251 g/mol. The third kappa shape index (κ3) is 4.03. The Balaban J connectivity index is 2.68. The third-order valence-electron chi connectivity index (χ3n) is 2.14. The summed E-state index contributed by atoms with van der Waals surface area (Å²) in [5, 5.41) is 13.9. The molecule has 2 N–H and O–H groups in total. The molecule has 1 unspecified atom stereocenters. The van der Waals surface area contributed by atoms with Crippen LogP contribution in [0.25, 0.3) is 0 Å². The number of nitriles is 1. The number of nitrogens with zero attached hydrogens (tertiary/aromatic N) is 1. The van der Waals surface area contributed by atoms with Gasteiger partial charge in [0.2, 0.25) is 0 Å². The van der Waals surface area contributed by atoms with Crippen LogP contribution >= 0.6 is 0 Å². The molecule has 0 spiro atoms. The topological polar surface area (TPSA) is 74.2 Å². The molecule has 18 heavy (non-hydrogen) atoms. The minimum Gasteiger partial charge on any atom is -0.383 e. The van der Waals surface area contributed by atoms with Gasteiger partial charge in [0.15, 0.2) is 0 Å². The van der Waals surface area contributed by atoms with Crippen LogP contribution in [0.15, 0.2) is 18.2 Å². The lowest BCUT2D eigenvalue weighted by atomic mass is 10.2. The summed E-state index contributed by atoms with van der Waals surface area (Å²) >= 11 is 0. The van der Waals surface area contributed by atoms with Crippen LogP contribution in [0.1, 0.15) is 12.5 Å². The summed E-state index contributed by atoms with van der Waals surface area (Å²) in [6.45, 7) is 2.15. The normalized spacial score (nSPS) is 11.4. The van der Waals surface area contributed by atoms with Crippen molar-refractivity contribution >= 4 is 11.7 Å². The first-order chi connectivity index (χ1) is 8.56. The lowest BCUT2D eigenvalue weighted by Gasteiger charge is -2.14. The first kappa shape index (κ1) is 13.9. The number of carbonyl (C=O) groups excluding carboxylic acids is 1. The second-order valence-electron chi connectivity index (χ2n) is 3.76. The molecule has 0 aliphatic rings. The molecular formula is C12H14FN3O2. The highest BCUT2D eigenvalue weighted by Crippen LogP contribution is 2.15. The Morgan fingerprint density at radius 3 is 2.94 bits per heavy atom. The Morgan fingerprint density at radius 1 is 1.61 bits per heavy atom. The number of hydrogen-bond donors (Lipinski definition) is 2. The largest absolute Gasteiger partial charge is 0.383 e. The quantitative estimate of drug-likeness (QED) is 0.857. The number of hydrogen-bond acceptors (Lipinski definition) is 3. The second-order valence-corrected chi connectivity index (χ2v) is 3.76. The molecule has 2 amide bonds. The van der Waals surface area contributed by atoms with E-state index >= 15 is 0 Å². The third-order valence-corrected chi connectivity index (χ3v) is 2.14. The highest BCUT2D eigenvalue weighted by molar-refractivity contribution is 5.90. The molecule has 5 nitrogen and oxygen atoms in total. The summed E-state index contributed by atoms with van der Waals surface area (Å²) in [4.78, 5) is 11.6. The van der Waals surface area contributed by atoms with E-state index in [1.807, 2.05) is 6.07 Å². The first-order valence-electron chi connectivity index (χ1n) is 5.33. The summed E-state index contributed by atoms with van der Waals surface area (Å²) in [5.41, 5.74) is 0.338. The maximum atomic E-state index is 12.9. The summed E-state index contributed by atoms with van der Waals surface area (Å²) in [6, 6.07) is 4.76. The Labute approximate surface area is 105 Å². The van der Waals surface area contributed by atoms with Gasteiger partial charge in [-0.15, -0.1) is 0 Å². The van der Waals surface area contributed by atoms with Crippen LogP contribution in [0.5, 0.6) is 0 Å². The van der Waals surface area contributed by atoms with E-state index < -0.39 is 11.8 Å². The van der Waals surface area contributed by atoms with Gasteiger partial charge in [0.05, 0.1) is 23.9 Å². The Bertz CT molecular complexity index is 471. The van der Waals surface area contributed by atoms with E-state index in [1.165, 1.54) is 19.2 Å². The minimum absolute atomic E-state index is 0.0737. The van der Waals surface area contributed by atoms with Crippen LogP contribution < -0.4 is 10.6 Å². The standard InChI is InChI=1S/C12H14FN3O2/c1-8(7-18-2)15-12(17)16-11-4-3-10(13)5-9(11)6-14/h3-5,8H,7H2,1-2H3,(H2,15,16,17). The molecular weight excluding hydrogens is 237 g/mol. The zero-order valence-corrected chi connectivity index (χ0v) is 10.2. The van der Waals surface area contributed by atoms with Crippen molar-refractivity contribution in [2.75, 3.05) is 19.0 Å². The number of rotatable bonds is 4. The predicted molar refractivity (Wildman–Crippen MR) is 64.6 cm³/mol. The van der Waals surface area contributed by atoms with Gasteiger partial charge in [-0.05, 0) is 25.1 Å². The van der Waals surface area contributed by atoms with Gasteiger partial charge in [-0.3, -0.25) is 0 Å². The highest BCUT2D eigenvalue weighted by Gasteiger charge is 2.10. The van der Waals surface area contributed by atoms with E-state index in [9.17, 15) is 9.18 Å². The second kappa shape index (κ2) is 6.57. The lowest BCUT2D eigenvalue weighted by molar-refractivity contribution is 0.173. The fourth-order valence-electron chi connectivity index (χ4n) is 1.39. The number of urea groups is 1. The number of ether oxygens (including phenoxy) is 1. The Hall–Kier alpha value is -2.13. The van der Waals surface area contributed by atoms with Crippen molar-refractivity contribution in [3.8, 4) is 6.07 Å². The van der Waals surface area contributed by atoms with Crippen molar-refractivity contribution in [3.63, 3.8) is 0 Å². The molecule has 0 saturated carbocycles. The zero-order valence-electron chi connectivity index (χ0n) is 10.2. The number of methoxy groups -OCH3 is 1. The maximum absolute atomic E-state index is 12.9. The predicted octanol–water partition coefficient (Wildman–Crippen LogP) is 1.85. The molecule has 96 valence electrons. The average Bonchev–Trinajstić information content (AvgIpc) is 2.31. The molecule has 0 radical (unpaired) electrons. The van der Waals surface area contributed by atoms with Crippen molar-refractivity contribution in [1.82, 2.24) is 5.32 Å². The summed E-state index contributed by atoms with van der Waals surface area (Å²) in [7, 11) is 1.53. The molecule has 0 aromatic heterocycles. The molecule has 0 fully saturated rings. The van der Waals surface area contributed by atoms with Gasteiger partial charge >= 0.3 is 6.03 Å². The van der Waals surface area contributed by atoms with Crippen LogP contribution in [0, 0.1) is 17.1 Å². The molecule has 0 bridgehead atoms. The van der Waals surface area contributed by atoms with Gasteiger partial charge in [-0.1, -0.05) is 0 Å². The van der Waals surface area contributed by atoms with Crippen LogP contribution in [0.3, 0.4) is 0 Å². The number of carbonyl (C=O) groups is 1. The Morgan fingerprint density at radius 2 is 2.33 bits per heavy atom. The minimum atomic E-state index is -0.523. The van der Waals surface area contributed by atoms with Crippen molar-refractivity contribution in [3.05, 3.63) is 29.6 Å². The SMILES string of the molecule is COCC(C)NC(=O)Nc1ccc(F)cc1C#N. The number of anilines is 1. The van der Waals surface area contributed by atoms with Crippen molar-refractivity contribution in [2.45, 2.75) is 13.0 Å². The molecule has 1 rings (SSSR count). The molecule has 0 aliphatic carbocycles. The summed E-state index contributed by atoms with van der Waals surface area (Å²) in [5.74, 6) is -0.523. The van der Waals surface area contributed by atoms with Crippen LogP contribution in [-0.2, 0) is 4.74 Å². The van der Waals surface area contributed by atoms with Gasteiger partial charge in [0, 0.05) is 7.11 Å². The fourth-order valence-corrected chi connectivity index (χ4v) is 1.39. The average molecular weight is 251 g/mol. The molecule has 0 saturated heterocycles. The molecule has 1 aromatic rings. The number of nitrogens with one attached hydrogen (secondary N) is 2. The molecule has 0 heterocycles. The molecule has 0 aliphatic heterocycles. The van der Waals surface area contributed by atoms with Crippen LogP contribution in [-0.4, -0.2) is 25.8 Å². The highest BCUT2D eigenvalue weighted by atomic mass is 19.1. The summed E-state index contributed by atoms with van der Waals surface area (Å²) < 4.78 is 17.8. The fraction of sp³-hybridized carbons (Fsp3) is 0.333. The van der Waals surface area contributed by atoms with Gasteiger partial charge < -0.3 is 15.4 Å². The van der Waals surface area contributed by atoms with Gasteiger partial charge in [0.25, 0.3) is 0 Å². The smallest absolute Gasteiger partial charge is 0.319 e.